The first kappa shape index (κ1) is 13.5. The Morgan fingerprint density at radius 2 is 2.28 bits per heavy atom. The van der Waals surface area contributed by atoms with Crippen LogP contribution in [-0.2, 0) is 19.5 Å². The smallest absolute Gasteiger partial charge is 0.142 e. The minimum absolute atomic E-state index is 0.210. The van der Waals surface area contributed by atoms with Crippen LogP contribution < -0.4 is 0 Å². The van der Waals surface area contributed by atoms with Crippen molar-refractivity contribution in [1.82, 2.24) is 15.0 Å². The van der Waals surface area contributed by atoms with Crippen molar-refractivity contribution in [2.45, 2.75) is 39.4 Å². The van der Waals surface area contributed by atoms with Gasteiger partial charge in [-0.1, -0.05) is 5.16 Å². The second-order valence-corrected chi connectivity index (χ2v) is 5.29. The molecule has 0 amide bonds. The van der Waals surface area contributed by atoms with Crippen molar-refractivity contribution in [3.63, 3.8) is 0 Å². The van der Waals surface area contributed by atoms with Gasteiger partial charge in [0.05, 0.1) is 6.61 Å². The summed E-state index contributed by atoms with van der Waals surface area (Å²) in [4.78, 5) is 4.50. The molecular weight excluding hydrogens is 230 g/mol. The van der Waals surface area contributed by atoms with E-state index in [2.05, 4.69) is 35.9 Å². The molecular formula is C13H23N3O2. The van der Waals surface area contributed by atoms with Gasteiger partial charge in [0.2, 0.25) is 0 Å². The minimum Gasteiger partial charge on any atom is -0.395 e. The quantitative estimate of drug-likeness (QED) is 0.843. The molecule has 0 saturated heterocycles. The van der Waals surface area contributed by atoms with Gasteiger partial charge >= 0.3 is 0 Å². The van der Waals surface area contributed by atoms with Crippen molar-refractivity contribution >= 4 is 0 Å². The molecule has 1 aliphatic heterocycles. The Labute approximate surface area is 108 Å². The number of hydrogen-bond donors (Lipinski definition) is 1. The Morgan fingerprint density at radius 3 is 2.94 bits per heavy atom. The highest BCUT2D eigenvalue weighted by atomic mass is 16.5. The highest BCUT2D eigenvalue weighted by Crippen LogP contribution is 2.23. The predicted octanol–water partition coefficient (Wildman–Crippen LogP) is 0.865. The van der Waals surface area contributed by atoms with E-state index in [1.165, 1.54) is 5.56 Å². The monoisotopic (exact) mass is 253 g/mol. The summed E-state index contributed by atoms with van der Waals surface area (Å²) in [5.74, 6) is 1.02. The van der Waals surface area contributed by atoms with Gasteiger partial charge in [0.15, 0.2) is 0 Å². The van der Waals surface area contributed by atoms with Crippen LogP contribution in [-0.4, -0.2) is 52.8 Å². The summed E-state index contributed by atoms with van der Waals surface area (Å²) in [6.07, 6.45) is 0.897. The van der Waals surface area contributed by atoms with Crippen molar-refractivity contribution in [1.29, 1.82) is 0 Å². The number of aliphatic hydroxyl groups excluding tert-OH is 1. The van der Waals surface area contributed by atoms with Crippen molar-refractivity contribution < 1.29 is 9.63 Å². The standard InChI is InChI=1S/C13H23N3O2/c1-10(2)15(3)9-12-11-8-16(6-7-17)5-4-13(11)18-14-12/h10,17H,4-9H2,1-3H3. The van der Waals surface area contributed by atoms with E-state index in [1.54, 1.807) is 0 Å². The van der Waals surface area contributed by atoms with Crippen LogP contribution in [0.2, 0.25) is 0 Å². The van der Waals surface area contributed by atoms with Crippen LogP contribution in [0.1, 0.15) is 30.9 Å². The van der Waals surface area contributed by atoms with E-state index in [-0.39, 0.29) is 6.61 Å². The van der Waals surface area contributed by atoms with Gasteiger partial charge in [-0.3, -0.25) is 9.80 Å². The highest BCUT2D eigenvalue weighted by Gasteiger charge is 2.24. The van der Waals surface area contributed by atoms with Crippen LogP contribution in [0.5, 0.6) is 0 Å². The molecule has 5 nitrogen and oxygen atoms in total. The Balaban J connectivity index is 2.08. The zero-order valence-electron chi connectivity index (χ0n) is 11.5. The average Bonchev–Trinajstić information content (AvgIpc) is 2.72. The Kier molecular flexibility index (Phi) is 4.37. The first-order valence-electron chi connectivity index (χ1n) is 6.61. The van der Waals surface area contributed by atoms with Gasteiger partial charge in [-0.05, 0) is 20.9 Å². The second kappa shape index (κ2) is 5.82. The molecule has 0 aliphatic carbocycles. The average molecular weight is 253 g/mol. The van der Waals surface area contributed by atoms with Crippen LogP contribution in [0.25, 0.3) is 0 Å². The maximum atomic E-state index is 9.02. The second-order valence-electron chi connectivity index (χ2n) is 5.29. The summed E-state index contributed by atoms with van der Waals surface area (Å²) in [5, 5.41) is 13.2. The number of nitrogens with zero attached hydrogens (tertiary/aromatic N) is 3. The Bertz CT molecular complexity index is 390. The lowest BCUT2D eigenvalue weighted by Crippen LogP contribution is -2.33. The number of aromatic nitrogens is 1. The lowest BCUT2D eigenvalue weighted by atomic mass is 10.1. The number of β-amino-alcohol motifs (C(OH)–C–C–N with tert-alkyl or cyclic N) is 1. The number of rotatable bonds is 5. The molecule has 0 fully saturated rings. The van der Waals surface area contributed by atoms with Crippen molar-refractivity contribution in [3.05, 3.63) is 17.0 Å². The van der Waals surface area contributed by atoms with E-state index in [1.807, 2.05) is 0 Å². The number of aliphatic hydroxyl groups is 1. The van der Waals surface area contributed by atoms with E-state index in [0.717, 1.165) is 44.1 Å². The summed E-state index contributed by atoms with van der Waals surface area (Å²) in [5.41, 5.74) is 2.27. The van der Waals surface area contributed by atoms with Gasteiger partial charge in [-0.25, -0.2) is 0 Å². The van der Waals surface area contributed by atoms with E-state index in [0.29, 0.717) is 6.04 Å². The third-order valence-corrected chi connectivity index (χ3v) is 3.68. The van der Waals surface area contributed by atoms with Crippen molar-refractivity contribution in [3.8, 4) is 0 Å². The van der Waals surface area contributed by atoms with Gasteiger partial charge in [-0.15, -0.1) is 0 Å². The first-order valence-corrected chi connectivity index (χ1v) is 6.61. The number of hydrogen-bond acceptors (Lipinski definition) is 5. The van der Waals surface area contributed by atoms with Crippen LogP contribution in [0.3, 0.4) is 0 Å². The Hall–Kier alpha value is -0.910. The molecule has 0 aromatic carbocycles. The molecule has 1 aromatic rings. The maximum absolute atomic E-state index is 9.02. The molecule has 2 heterocycles. The van der Waals surface area contributed by atoms with Crippen LogP contribution in [0.4, 0.5) is 0 Å². The SMILES string of the molecule is CC(C)N(C)Cc1noc2c1CN(CCO)CC2. The molecule has 1 N–H and O–H groups in total. The summed E-state index contributed by atoms with van der Waals surface area (Å²) in [6.45, 7) is 7.90. The van der Waals surface area contributed by atoms with Gasteiger partial charge < -0.3 is 9.63 Å². The molecule has 1 aliphatic rings. The van der Waals surface area contributed by atoms with E-state index in [9.17, 15) is 0 Å². The molecule has 0 bridgehead atoms. The fraction of sp³-hybridized carbons (Fsp3) is 0.769. The minimum atomic E-state index is 0.210. The summed E-state index contributed by atoms with van der Waals surface area (Å²) >= 11 is 0. The molecule has 2 rings (SSSR count). The molecule has 102 valence electrons. The fourth-order valence-electron chi connectivity index (χ4n) is 2.19. The molecule has 5 heteroatoms. The zero-order chi connectivity index (χ0) is 13.1. The third-order valence-electron chi connectivity index (χ3n) is 3.68. The topological polar surface area (TPSA) is 52.7 Å². The molecule has 1 aromatic heterocycles. The summed E-state index contributed by atoms with van der Waals surface area (Å²) < 4.78 is 5.43. The number of fused-ring (bicyclic) bond motifs is 1. The highest BCUT2D eigenvalue weighted by molar-refractivity contribution is 5.25. The molecule has 0 unspecified atom stereocenters. The molecule has 0 spiro atoms. The fourth-order valence-corrected chi connectivity index (χ4v) is 2.19. The lowest BCUT2D eigenvalue weighted by molar-refractivity contribution is 0.177. The predicted molar refractivity (Wildman–Crippen MR) is 69.2 cm³/mol. The van der Waals surface area contributed by atoms with Crippen LogP contribution >= 0.6 is 0 Å². The summed E-state index contributed by atoms with van der Waals surface area (Å²) in [6, 6.07) is 0.495. The molecule has 0 atom stereocenters. The zero-order valence-corrected chi connectivity index (χ0v) is 11.5. The van der Waals surface area contributed by atoms with E-state index < -0.39 is 0 Å². The summed E-state index contributed by atoms with van der Waals surface area (Å²) in [7, 11) is 2.10. The van der Waals surface area contributed by atoms with Gasteiger partial charge in [-0.2, -0.15) is 0 Å². The molecule has 18 heavy (non-hydrogen) atoms. The molecule has 0 saturated carbocycles. The van der Waals surface area contributed by atoms with Crippen LogP contribution in [0, 0.1) is 0 Å². The van der Waals surface area contributed by atoms with Crippen molar-refractivity contribution in [2.75, 3.05) is 26.7 Å². The van der Waals surface area contributed by atoms with Crippen molar-refractivity contribution in [2.24, 2.45) is 0 Å². The first-order chi connectivity index (χ1) is 8.61. The third kappa shape index (κ3) is 2.91. The molecule has 0 radical (unpaired) electrons. The Morgan fingerprint density at radius 1 is 1.50 bits per heavy atom. The largest absolute Gasteiger partial charge is 0.395 e. The lowest BCUT2D eigenvalue weighted by Gasteiger charge is -2.26. The van der Waals surface area contributed by atoms with Gasteiger partial charge in [0.1, 0.15) is 11.5 Å². The van der Waals surface area contributed by atoms with E-state index in [4.69, 9.17) is 9.63 Å². The maximum Gasteiger partial charge on any atom is 0.142 e. The van der Waals surface area contributed by atoms with E-state index >= 15 is 0 Å². The van der Waals surface area contributed by atoms with Gasteiger partial charge in [0.25, 0.3) is 0 Å². The van der Waals surface area contributed by atoms with Crippen LogP contribution in [0.15, 0.2) is 4.52 Å². The van der Waals surface area contributed by atoms with Gasteiger partial charge in [0, 0.05) is 44.2 Å². The normalized spacial score (nSPS) is 16.6.